The molecule has 2 heterocycles. The van der Waals surface area contributed by atoms with Crippen LogP contribution >= 0.6 is 0 Å². The normalized spacial score (nSPS) is 21.7. The Bertz CT molecular complexity index is 279. The minimum Gasteiger partial charge on any atom is -0.393 e. The number of rotatable bonds is 3. The fourth-order valence-electron chi connectivity index (χ4n) is 2.06. The second kappa shape index (κ2) is 4.72. The molecule has 5 heteroatoms. The van der Waals surface area contributed by atoms with Crippen molar-refractivity contribution in [2.45, 2.75) is 32.4 Å². The number of piperidine rings is 1. The van der Waals surface area contributed by atoms with Crippen molar-refractivity contribution in [3.05, 3.63) is 12.2 Å². The zero-order chi connectivity index (χ0) is 10.7. The SMILES string of the molecule is CC(O)C1CCN(Cc2ncon2)CC1. The van der Waals surface area contributed by atoms with E-state index in [1.165, 1.54) is 6.39 Å². The summed E-state index contributed by atoms with van der Waals surface area (Å²) in [5.41, 5.74) is 0. The van der Waals surface area contributed by atoms with Crippen LogP contribution in [-0.2, 0) is 6.54 Å². The lowest BCUT2D eigenvalue weighted by Gasteiger charge is -2.32. The van der Waals surface area contributed by atoms with Gasteiger partial charge in [0.05, 0.1) is 12.6 Å². The first-order valence-corrected chi connectivity index (χ1v) is 5.41. The van der Waals surface area contributed by atoms with E-state index in [4.69, 9.17) is 0 Å². The molecule has 1 aromatic heterocycles. The van der Waals surface area contributed by atoms with E-state index >= 15 is 0 Å². The van der Waals surface area contributed by atoms with E-state index in [1.807, 2.05) is 6.92 Å². The summed E-state index contributed by atoms with van der Waals surface area (Å²) >= 11 is 0. The summed E-state index contributed by atoms with van der Waals surface area (Å²) in [6, 6.07) is 0. The van der Waals surface area contributed by atoms with Crippen molar-refractivity contribution in [2.75, 3.05) is 13.1 Å². The predicted molar refractivity (Wildman–Crippen MR) is 54.0 cm³/mol. The number of aliphatic hydroxyl groups excluding tert-OH is 1. The number of likely N-dealkylation sites (tertiary alicyclic amines) is 1. The number of aliphatic hydroxyl groups is 1. The predicted octanol–water partition coefficient (Wildman–Crippen LogP) is 0.662. The van der Waals surface area contributed by atoms with Crippen molar-refractivity contribution >= 4 is 0 Å². The number of aromatic nitrogens is 2. The molecule has 2 rings (SSSR count). The lowest BCUT2D eigenvalue weighted by molar-refractivity contribution is 0.0684. The first-order valence-electron chi connectivity index (χ1n) is 5.41. The third kappa shape index (κ3) is 2.76. The van der Waals surface area contributed by atoms with Crippen LogP contribution in [0.1, 0.15) is 25.6 Å². The summed E-state index contributed by atoms with van der Waals surface area (Å²) in [6.45, 7) is 4.64. The summed E-state index contributed by atoms with van der Waals surface area (Å²) in [6.07, 6.45) is 3.28. The molecule has 5 nitrogen and oxygen atoms in total. The monoisotopic (exact) mass is 211 g/mol. The summed E-state index contributed by atoms with van der Waals surface area (Å²) in [7, 11) is 0. The average molecular weight is 211 g/mol. The van der Waals surface area contributed by atoms with Gasteiger partial charge in [-0.3, -0.25) is 4.90 Å². The molecule has 1 aliphatic heterocycles. The summed E-state index contributed by atoms with van der Waals surface area (Å²) < 4.78 is 4.69. The third-order valence-corrected chi connectivity index (χ3v) is 3.09. The minimum absolute atomic E-state index is 0.183. The molecule has 0 bridgehead atoms. The summed E-state index contributed by atoms with van der Waals surface area (Å²) in [4.78, 5) is 6.29. The van der Waals surface area contributed by atoms with E-state index in [0.717, 1.165) is 38.3 Å². The van der Waals surface area contributed by atoms with Crippen LogP contribution in [-0.4, -0.2) is 39.3 Å². The average Bonchev–Trinajstić information content (AvgIpc) is 2.71. The summed E-state index contributed by atoms with van der Waals surface area (Å²) in [5, 5.41) is 13.2. The second-order valence-corrected chi connectivity index (χ2v) is 4.20. The molecule has 0 spiro atoms. The zero-order valence-electron chi connectivity index (χ0n) is 8.96. The quantitative estimate of drug-likeness (QED) is 0.796. The van der Waals surface area contributed by atoms with Crippen molar-refractivity contribution in [3.8, 4) is 0 Å². The van der Waals surface area contributed by atoms with Crippen molar-refractivity contribution in [1.29, 1.82) is 0 Å². The highest BCUT2D eigenvalue weighted by atomic mass is 16.5. The molecule has 0 radical (unpaired) electrons. The van der Waals surface area contributed by atoms with Gasteiger partial charge in [0.2, 0.25) is 6.39 Å². The maximum atomic E-state index is 9.46. The van der Waals surface area contributed by atoms with Crippen LogP contribution < -0.4 is 0 Å². The molecule has 1 aromatic rings. The molecule has 1 fully saturated rings. The molecule has 1 aliphatic rings. The van der Waals surface area contributed by atoms with Gasteiger partial charge in [0.15, 0.2) is 5.82 Å². The molecule has 1 saturated heterocycles. The second-order valence-electron chi connectivity index (χ2n) is 4.20. The Morgan fingerprint density at radius 1 is 1.60 bits per heavy atom. The van der Waals surface area contributed by atoms with Crippen molar-refractivity contribution in [3.63, 3.8) is 0 Å². The number of hydrogen-bond donors (Lipinski definition) is 1. The highest BCUT2D eigenvalue weighted by Gasteiger charge is 2.23. The Balaban J connectivity index is 1.79. The zero-order valence-corrected chi connectivity index (χ0v) is 8.96. The van der Waals surface area contributed by atoms with Crippen molar-refractivity contribution in [2.24, 2.45) is 5.92 Å². The van der Waals surface area contributed by atoms with Crippen LogP contribution in [0.4, 0.5) is 0 Å². The molecule has 15 heavy (non-hydrogen) atoms. The van der Waals surface area contributed by atoms with Crippen LogP contribution in [0.2, 0.25) is 0 Å². The van der Waals surface area contributed by atoms with Gasteiger partial charge < -0.3 is 9.63 Å². The highest BCUT2D eigenvalue weighted by Crippen LogP contribution is 2.21. The Labute approximate surface area is 89.1 Å². The molecule has 1 unspecified atom stereocenters. The van der Waals surface area contributed by atoms with Crippen LogP contribution in [0.15, 0.2) is 10.9 Å². The van der Waals surface area contributed by atoms with Gasteiger partial charge in [0.25, 0.3) is 0 Å². The maximum absolute atomic E-state index is 9.46. The maximum Gasteiger partial charge on any atom is 0.213 e. The van der Waals surface area contributed by atoms with E-state index in [0.29, 0.717) is 5.92 Å². The van der Waals surface area contributed by atoms with Gasteiger partial charge in [-0.15, -0.1) is 0 Å². The lowest BCUT2D eigenvalue weighted by Crippen LogP contribution is -2.36. The molecular formula is C10H17N3O2. The number of nitrogens with zero attached hydrogens (tertiary/aromatic N) is 3. The van der Waals surface area contributed by atoms with E-state index in [2.05, 4.69) is 19.6 Å². The van der Waals surface area contributed by atoms with Crippen molar-refractivity contribution in [1.82, 2.24) is 15.0 Å². The van der Waals surface area contributed by atoms with E-state index < -0.39 is 0 Å². The van der Waals surface area contributed by atoms with Crippen molar-refractivity contribution < 1.29 is 9.63 Å². The molecule has 0 aromatic carbocycles. The van der Waals surface area contributed by atoms with E-state index in [-0.39, 0.29) is 6.10 Å². The minimum atomic E-state index is -0.183. The Morgan fingerprint density at radius 2 is 2.33 bits per heavy atom. The molecule has 0 aliphatic carbocycles. The van der Waals surface area contributed by atoms with Gasteiger partial charge in [0.1, 0.15) is 0 Å². The Morgan fingerprint density at radius 3 is 2.87 bits per heavy atom. The van der Waals surface area contributed by atoms with Crippen LogP contribution in [0.25, 0.3) is 0 Å². The van der Waals surface area contributed by atoms with Gasteiger partial charge in [-0.25, -0.2) is 0 Å². The fraction of sp³-hybridized carbons (Fsp3) is 0.800. The highest BCUT2D eigenvalue weighted by molar-refractivity contribution is 4.82. The molecule has 84 valence electrons. The lowest BCUT2D eigenvalue weighted by atomic mass is 9.92. The molecule has 0 saturated carbocycles. The summed E-state index contributed by atoms with van der Waals surface area (Å²) in [5.74, 6) is 1.19. The molecule has 1 N–H and O–H groups in total. The molecular weight excluding hydrogens is 194 g/mol. The fourth-order valence-corrected chi connectivity index (χ4v) is 2.06. The van der Waals surface area contributed by atoms with E-state index in [9.17, 15) is 5.11 Å². The van der Waals surface area contributed by atoms with Gasteiger partial charge in [-0.2, -0.15) is 4.98 Å². The Kier molecular flexibility index (Phi) is 3.33. The van der Waals surface area contributed by atoms with Crippen LogP contribution in [0.5, 0.6) is 0 Å². The largest absolute Gasteiger partial charge is 0.393 e. The standard InChI is InChI=1S/C10H17N3O2/c1-8(14)9-2-4-13(5-3-9)6-10-11-7-15-12-10/h7-9,14H,2-6H2,1H3. The van der Waals surface area contributed by atoms with Gasteiger partial charge in [-0.1, -0.05) is 5.16 Å². The van der Waals surface area contributed by atoms with E-state index in [1.54, 1.807) is 0 Å². The van der Waals surface area contributed by atoms with Gasteiger partial charge in [0, 0.05) is 0 Å². The molecule has 1 atom stereocenters. The smallest absolute Gasteiger partial charge is 0.213 e. The van der Waals surface area contributed by atoms with Crippen LogP contribution in [0.3, 0.4) is 0 Å². The third-order valence-electron chi connectivity index (χ3n) is 3.09. The molecule has 0 amide bonds. The van der Waals surface area contributed by atoms with Gasteiger partial charge >= 0.3 is 0 Å². The first kappa shape index (κ1) is 10.6. The first-order chi connectivity index (χ1) is 7.25. The topological polar surface area (TPSA) is 62.4 Å². The van der Waals surface area contributed by atoms with Gasteiger partial charge in [-0.05, 0) is 38.8 Å². The van der Waals surface area contributed by atoms with Crippen LogP contribution in [0, 0.1) is 5.92 Å². The Hall–Kier alpha value is -0.940. The number of hydrogen-bond acceptors (Lipinski definition) is 5.